The number of nitrogens with zero attached hydrogens (tertiary/aromatic N) is 1. The van der Waals surface area contributed by atoms with Crippen molar-refractivity contribution >= 4 is 0 Å². The van der Waals surface area contributed by atoms with Crippen LogP contribution in [0, 0.1) is 5.82 Å². The summed E-state index contributed by atoms with van der Waals surface area (Å²) in [5, 5.41) is 0. The SMILES string of the molecule is CCC(N)C(c1ccccc1F)N(C)CCC(F)(F)F. The molecular formula is C14H20F4N2. The van der Waals surface area contributed by atoms with Gasteiger partial charge in [0.1, 0.15) is 5.82 Å². The highest BCUT2D eigenvalue weighted by atomic mass is 19.4. The number of benzene rings is 1. The Morgan fingerprint density at radius 3 is 2.35 bits per heavy atom. The van der Waals surface area contributed by atoms with Crippen molar-refractivity contribution in [2.45, 2.75) is 38.0 Å². The predicted octanol–water partition coefficient (Wildman–Crippen LogP) is 3.49. The van der Waals surface area contributed by atoms with Crippen LogP contribution in [0.25, 0.3) is 0 Å². The molecule has 0 spiro atoms. The Kier molecular flexibility index (Phi) is 5.95. The van der Waals surface area contributed by atoms with Crippen molar-refractivity contribution in [1.29, 1.82) is 0 Å². The maximum absolute atomic E-state index is 13.9. The van der Waals surface area contributed by atoms with Crippen LogP contribution in [0.15, 0.2) is 24.3 Å². The van der Waals surface area contributed by atoms with Crippen LogP contribution in [-0.4, -0.2) is 30.7 Å². The zero-order chi connectivity index (χ0) is 15.3. The molecule has 0 aliphatic carbocycles. The van der Waals surface area contributed by atoms with Crippen molar-refractivity contribution in [2.24, 2.45) is 5.73 Å². The van der Waals surface area contributed by atoms with Gasteiger partial charge in [-0.2, -0.15) is 13.2 Å². The van der Waals surface area contributed by atoms with Crippen LogP contribution in [0.5, 0.6) is 0 Å². The Balaban J connectivity index is 2.93. The molecule has 0 fully saturated rings. The number of halogens is 4. The summed E-state index contributed by atoms with van der Waals surface area (Å²) in [4.78, 5) is 1.47. The average molecular weight is 292 g/mol. The quantitative estimate of drug-likeness (QED) is 0.813. The van der Waals surface area contributed by atoms with E-state index in [1.54, 1.807) is 25.2 Å². The Labute approximate surface area is 116 Å². The molecule has 6 heteroatoms. The van der Waals surface area contributed by atoms with Crippen LogP contribution in [0.3, 0.4) is 0 Å². The van der Waals surface area contributed by atoms with E-state index in [4.69, 9.17) is 5.73 Å². The number of hydrogen-bond acceptors (Lipinski definition) is 2. The van der Waals surface area contributed by atoms with E-state index >= 15 is 0 Å². The van der Waals surface area contributed by atoms with Crippen LogP contribution in [0.1, 0.15) is 31.4 Å². The molecule has 0 saturated carbocycles. The van der Waals surface area contributed by atoms with Gasteiger partial charge in [-0.15, -0.1) is 0 Å². The fourth-order valence-corrected chi connectivity index (χ4v) is 2.18. The highest BCUT2D eigenvalue weighted by Gasteiger charge is 2.31. The molecule has 20 heavy (non-hydrogen) atoms. The van der Waals surface area contributed by atoms with E-state index in [0.29, 0.717) is 12.0 Å². The molecule has 2 N–H and O–H groups in total. The van der Waals surface area contributed by atoms with Crippen molar-refractivity contribution in [2.75, 3.05) is 13.6 Å². The summed E-state index contributed by atoms with van der Waals surface area (Å²) < 4.78 is 50.8. The molecule has 1 aromatic carbocycles. The highest BCUT2D eigenvalue weighted by molar-refractivity contribution is 5.22. The van der Waals surface area contributed by atoms with E-state index in [1.807, 2.05) is 6.92 Å². The van der Waals surface area contributed by atoms with Crippen molar-refractivity contribution < 1.29 is 17.6 Å². The first-order chi connectivity index (χ1) is 9.26. The molecule has 1 rings (SSSR count). The summed E-state index contributed by atoms with van der Waals surface area (Å²) in [6.45, 7) is 1.62. The maximum atomic E-state index is 13.9. The predicted molar refractivity (Wildman–Crippen MR) is 70.7 cm³/mol. The molecule has 2 nitrogen and oxygen atoms in total. The monoisotopic (exact) mass is 292 g/mol. The van der Waals surface area contributed by atoms with Gasteiger partial charge in [0, 0.05) is 18.2 Å². The summed E-state index contributed by atoms with van der Waals surface area (Å²) >= 11 is 0. The summed E-state index contributed by atoms with van der Waals surface area (Å²) in [6, 6.07) is 5.07. The van der Waals surface area contributed by atoms with Crippen LogP contribution < -0.4 is 5.73 Å². The van der Waals surface area contributed by atoms with Gasteiger partial charge in [0.2, 0.25) is 0 Å². The van der Waals surface area contributed by atoms with Crippen LogP contribution in [-0.2, 0) is 0 Å². The number of likely N-dealkylation sites (N-methyl/N-ethyl adjacent to an activating group) is 1. The minimum absolute atomic E-state index is 0.212. The minimum Gasteiger partial charge on any atom is -0.326 e. The van der Waals surface area contributed by atoms with Crippen molar-refractivity contribution in [3.63, 3.8) is 0 Å². The first kappa shape index (κ1) is 16.9. The number of nitrogens with two attached hydrogens (primary N) is 1. The van der Waals surface area contributed by atoms with Gasteiger partial charge in [0.05, 0.1) is 12.5 Å². The van der Waals surface area contributed by atoms with Crippen molar-refractivity contribution in [3.8, 4) is 0 Å². The highest BCUT2D eigenvalue weighted by Crippen LogP contribution is 2.28. The molecular weight excluding hydrogens is 272 g/mol. The first-order valence-electron chi connectivity index (χ1n) is 6.53. The number of alkyl halides is 3. The summed E-state index contributed by atoms with van der Waals surface area (Å²) in [6.07, 6.45) is -4.62. The molecule has 1 aromatic rings. The molecule has 2 unspecified atom stereocenters. The molecule has 0 aromatic heterocycles. The number of rotatable bonds is 6. The Hall–Kier alpha value is -1.14. The van der Waals surface area contributed by atoms with Gasteiger partial charge in [0.25, 0.3) is 0 Å². The van der Waals surface area contributed by atoms with E-state index in [1.165, 1.54) is 11.0 Å². The van der Waals surface area contributed by atoms with E-state index in [-0.39, 0.29) is 6.54 Å². The van der Waals surface area contributed by atoms with E-state index < -0.39 is 30.5 Å². The molecule has 0 saturated heterocycles. The third-order valence-corrected chi connectivity index (χ3v) is 3.32. The molecule has 0 radical (unpaired) electrons. The van der Waals surface area contributed by atoms with Crippen LogP contribution in [0.4, 0.5) is 17.6 Å². The maximum Gasteiger partial charge on any atom is 0.390 e. The Morgan fingerprint density at radius 1 is 1.25 bits per heavy atom. The van der Waals surface area contributed by atoms with Crippen LogP contribution in [0.2, 0.25) is 0 Å². The smallest absolute Gasteiger partial charge is 0.326 e. The molecule has 0 amide bonds. The van der Waals surface area contributed by atoms with Gasteiger partial charge in [-0.25, -0.2) is 4.39 Å². The Bertz CT molecular complexity index is 420. The van der Waals surface area contributed by atoms with E-state index in [0.717, 1.165) is 0 Å². The fourth-order valence-electron chi connectivity index (χ4n) is 2.18. The van der Waals surface area contributed by atoms with Gasteiger partial charge in [-0.3, -0.25) is 4.90 Å². The second-order valence-corrected chi connectivity index (χ2v) is 4.88. The Morgan fingerprint density at radius 2 is 1.85 bits per heavy atom. The molecule has 0 aliphatic heterocycles. The fraction of sp³-hybridized carbons (Fsp3) is 0.571. The second-order valence-electron chi connectivity index (χ2n) is 4.88. The van der Waals surface area contributed by atoms with Gasteiger partial charge in [-0.05, 0) is 19.5 Å². The number of hydrogen-bond donors (Lipinski definition) is 1. The lowest BCUT2D eigenvalue weighted by molar-refractivity contribution is -0.138. The van der Waals surface area contributed by atoms with Gasteiger partial charge < -0.3 is 5.73 Å². The summed E-state index contributed by atoms with van der Waals surface area (Å²) in [5.41, 5.74) is 6.31. The van der Waals surface area contributed by atoms with E-state index in [9.17, 15) is 17.6 Å². The second kappa shape index (κ2) is 7.04. The third kappa shape index (κ3) is 4.76. The average Bonchev–Trinajstić information content (AvgIpc) is 2.38. The lowest BCUT2D eigenvalue weighted by atomic mass is 9.96. The van der Waals surface area contributed by atoms with Gasteiger partial charge in [0.15, 0.2) is 0 Å². The first-order valence-corrected chi connectivity index (χ1v) is 6.53. The van der Waals surface area contributed by atoms with E-state index in [2.05, 4.69) is 0 Å². The normalized spacial score (nSPS) is 15.4. The summed E-state index contributed by atoms with van der Waals surface area (Å²) in [7, 11) is 1.54. The van der Waals surface area contributed by atoms with Gasteiger partial charge >= 0.3 is 6.18 Å². The standard InChI is InChI=1S/C14H20F4N2/c1-3-12(19)13(10-6-4-5-7-11(10)15)20(2)9-8-14(16,17)18/h4-7,12-13H,3,8-9,19H2,1-2H3. The minimum atomic E-state index is -4.23. The molecule has 2 atom stereocenters. The lowest BCUT2D eigenvalue weighted by Gasteiger charge is -2.33. The van der Waals surface area contributed by atoms with Crippen molar-refractivity contribution in [1.82, 2.24) is 4.90 Å². The third-order valence-electron chi connectivity index (χ3n) is 3.32. The molecule has 0 aliphatic rings. The molecule has 114 valence electrons. The van der Waals surface area contributed by atoms with Crippen LogP contribution >= 0.6 is 0 Å². The van der Waals surface area contributed by atoms with Gasteiger partial charge in [-0.1, -0.05) is 25.1 Å². The molecule has 0 heterocycles. The zero-order valence-corrected chi connectivity index (χ0v) is 11.6. The summed E-state index contributed by atoms with van der Waals surface area (Å²) in [5.74, 6) is -0.444. The largest absolute Gasteiger partial charge is 0.390 e. The topological polar surface area (TPSA) is 29.3 Å². The molecule has 0 bridgehead atoms. The van der Waals surface area contributed by atoms with Crippen molar-refractivity contribution in [3.05, 3.63) is 35.6 Å². The lowest BCUT2D eigenvalue weighted by Crippen LogP contribution is -2.40. The zero-order valence-electron chi connectivity index (χ0n) is 11.6.